The molecule has 3 rings (SSSR count). The van der Waals surface area contributed by atoms with Crippen molar-refractivity contribution in [2.75, 3.05) is 14.2 Å². The molecule has 0 radical (unpaired) electrons. The Hall–Kier alpha value is -1.07. The van der Waals surface area contributed by atoms with Gasteiger partial charge in [-0.1, -0.05) is 38.5 Å². The first-order valence-corrected chi connectivity index (χ1v) is 12.0. The molecule has 2 saturated carbocycles. The highest BCUT2D eigenvalue weighted by Crippen LogP contribution is 2.64. The second-order valence-corrected chi connectivity index (χ2v) is 9.74. The summed E-state index contributed by atoms with van der Waals surface area (Å²) in [5, 5.41) is 11.1. The van der Waals surface area contributed by atoms with Gasteiger partial charge in [-0.05, 0) is 37.8 Å². The smallest absolute Gasteiger partial charge is 0.364 e. The summed E-state index contributed by atoms with van der Waals surface area (Å²) < 4.78 is 36.6. The van der Waals surface area contributed by atoms with Crippen LogP contribution in [0.3, 0.4) is 0 Å². The Balaban J connectivity index is 1.86. The Labute approximate surface area is 168 Å². The van der Waals surface area contributed by atoms with Gasteiger partial charge in [0.1, 0.15) is 11.5 Å². The Kier molecular flexibility index (Phi) is 7.81. The average Bonchev–Trinajstić information content (AvgIpc) is 2.74. The lowest BCUT2D eigenvalue weighted by Crippen LogP contribution is -2.22. The molecule has 6 nitrogen and oxygen atoms in total. The number of ether oxygens (including phenoxy) is 2. The molecule has 1 aromatic rings. The zero-order valence-electron chi connectivity index (χ0n) is 17.0. The van der Waals surface area contributed by atoms with Gasteiger partial charge >= 0.3 is 7.60 Å². The Morgan fingerprint density at radius 1 is 0.893 bits per heavy atom. The first-order chi connectivity index (χ1) is 13.6. The molecule has 0 bridgehead atoms. The van der Waals surface area contributed by atoms with Crippen LogP contribution in [-0.2, 0) is 13.6 Å². The summed E-state index contributed by atoms with van der Waals surface area (Å²) in [5.74, 6) is -0.382. The van der Waals surface area contributed by atoms with Gasteiger partial charge in [0.05, 0.1) is 26.4 Å². The lowest BCUT2D eigenvalue weighted by atomic mass is 9.98. The predicted molar refractivity (Wildman–Crippen MR) is 108 cm³/mol. The third kappa shape index (κ3) is 5.29. The van der Waals surface area contributed by atoms with Crippen molar-refractivity contribution in [2.24, 2.45) is 0 Å². The summed E-state index contributed by atoms with van der Waals surface area (Å²) in [7, 11) is -0.721. The maximum atomic E-state index is 13.9. The molecule has 7 heteroatoms. The van der Waals surface area contributed by atoms with Crippen LogP contribution < -0.4 is 9.47 Å². The second kappa shape index (κ2) is 10.1. The minimum atomic E-state index is -3.80. The van der Waals surface area contributed by atoms with Crippen molar-refractivity contribution in [1.82, 2.24) is 0 Å². The molecule has 28 heavy (non-hydrogen) atoms. The topological polar surface area (TPSA) is 74.2 Å². The predicted octanol–water partition coefficient (Wildman–Crippen LogP) is 5.59. The van der Waals surface area contributed by atoms with Crippen LogP contribution in [0.1, 0.15) is 75.6 Å². The van der Waals surface area contributed by atoms with Crippen LogP contribution in [0.25, 0.3) is 0 Å². The van der Waals surface area contributed by atoms with Gasteiger partial charge in [0.15, 0.2) is 5.85 Å². The molecule has 2 aliphatic carbocycles. The summed E-state index contributed by atoms with van der Waals surface area (Å²) in [6, 6.07) is 5.06. The highest BCUT2D eigenvalue weighted by Gasteiger charge is 2.42. The minimum absolute atomic E-state index is 0.137. The van der Waals surface area contributed by atoms with E-state index in [9.17, 15) is 9.67 Å². The largest absolute Gasteiger partial charge is 0.497 e. The summed E-state index contributed by atoms with van der Waals surface area (Å²) in [5.41, 5.74) is 0.401. The van der Waals surface area contributed by atoms with E-state index in [0.717, 1.165) is 51.4 Å². The summed E-state index contributed by atoms with van der Waals surface area (Å²) in [4.78, 5) is 0. The number of hydrogen-bond acceptors (Lipinski definition) is 6. The molecule has 0 saturated heterocycles. The molecule has 2 aliphatic rings. The van der Waals surface area contributed by atoms with E-state index >= 15 is 0 Å². The van der Waals surface area contributed by atoms with Crippen molar-refractivity contribution in [3.8, 4) is 11.5 Å². The number of methoxy groups -OCH3 is 2. The minimum Gasteiger partial charge on any atom is -0.497 e. The van der Waals surface area contributed by atoms with E-state index in [1.165, 1.54) is 20.0 Å². The van der Waals surface area contributed by atoms with E-state index in [1.807, 2.05) is 0 Å². The van der Waals surface area contributed by atoms with Crippen molar-refractivity contribution in [2.45, 2.75) is 82.3 Å². The molecule has 2 fully saturated rings. The summed E-state index contributed by atoms with van der Waals surface area (Å²) in [6.07, 6.45) is 9.68. The zero-order valence-corrected chi connectivity index (χ0v) is 17.9. The molecule has 0 aliphatic heterocycles. The lowest BCUT2D eigenvalue weighted by Gasteiger charge is -2.33. The molecule has 0 aromatic heterocycles. The number of hydrogen-bond donors (Lipinski definition) is 1. The lowest BCUT2D eigenvalue weighted by molar-refractivity contribution is 0.0540. The first kappa shape index (κ1) is 21.6. The SMILES string of the molecule is COc1ccc([C@H](O)P(=O)(OC2CCCCC2)OC2CCCCC2)c(OC)c1. The number of aliphatic hydroxyl groups is 1. The quantitative estimate of drug-likeness (QED) is 0.561. The van der Waals surface area contributed by atoms with Crippen LogP contribution in [0, 0.1) is 0 Å². The fourth-order valence-electron chi connectivity index (χ4n) is 4.10. The standard InChI is InChI=1S/C21H33O6P/c1-24-18-13-14-19(20(15-18)25-2)21(22)28(23,26-16-9-5-3-6-10-16)27-17-11-7-4-8-12-17/h13-17,21-22H,3-12H2,1-2H3/t21-/m1/s1. The zero-order chi connectivity index (χ0) is 20.0. The van der Waals surface area contributed by atoms with Crippen molar-refractivity contribution in [3.05, 3.63) is 23.8 Å². The van der Waals surface area contributed by atoms with Gasteiger partial charge in [0, 0.05) is 11.6 Å². The van der Waals surface area contributed by atoms with E-state index in [4.69, 9.17) is 18.5 Å². The molecule has 1 N–H and O–H groups in total. The normalized spacial score (nSPS) is 20.7. The Morgan fingerprint density at radius 3 is 1.89 bits per heavy atom. The average molecular weight is 412 g/mol. The van der Waals surface area contributed by atoms with E-state index < -0.39 is 13.4 Å². The van der Waals surface area contributed by atoms with Crippen LogP contribution in [0.5, 0.6) is 11.5 Å². The van der Waals surface area contributed by atoms with Gasteiger partial charge in [0.25, 0.3) is 0 Å². The van der Waals surface area contributed by atoms with Crippen molar-refractivity contribution >= 4 is 7.60 Å². The third-order valence-electron chi connectivity index (χ3n) is 5.71. The monoisotopic (exact) mass is 412 g/mol. The van der Waals surface area contributed by atoms with Gasteiger partial charge in [-0.25, -0.2) is 0 Å². The highest BCUT2D eigenvalue weighted by atomic mass is 31.2. The molecule has 0 amide bonds. The fourth-order valence-corrected chi connectivity index (χ4v) is 6.19. The number of rotatable bonds is 8. The molecule has 158 valence electrons. The van der Waals surface area contributed by atoms with Crippen LogP contribution in [0.15, 0.2) is 18.2 Å². The number of aliphatic hydroxyl groups excluding tert-OH is 1. The van der Waals surface area contributed by atoms with Gasteiger partial charge in [-0.3, -0.25) is 4.57 Å². The molecule has 0 heterocycles. The highest BCUT2D eigenvalue weighted by molar-refractivity contribution is 7.54. The molecule has 0 spiro atoms. The van der Waals surface area contributed by atoms with E-state index in [1.54, 1.807) is 25.3 Å². The van der Waals surface area contributed by atoms with Crippen LogP contribution in [0.2, 0.25) is 0 Å². The molecule has 0 unspecified atom stereocenters. The third-order valence-corrected chi connectivity index (χ3v) is 7.78. The maximum Gasteiger partial charge on any atom is 0.364 e. The van der Waals surface area contributed by atoms with Crippen molar-refractivity contribution in [1.29, 1.82) is 0 Å². The maximum absolute atomic E-state index is 13.9. The van der Waals surface area contributed by atoms with E-state index in [2.05, 4.69) is 0 Å². The molecule has 1 aromatic carbocycles. The van der Waals surface area contributed by atoms with Gasteiger partial charge in [0.2, 0.25) is 0 Å². The summed E-state index contributed by atoms with van der Waals surface area (Å²) in [6.45, 7) is 0. The van der Waals surface area contributed by atoms with E-state index in [0.29, 0.717) is 17.1 Å². The van der Waals surface area contributed by atoms with Crippen LogP contribution in [0.4, 0.5) is 0 Å². The van der Waals surface area contributed by atoms with E-state index in [-0.39, 0.29) is 12.2 Å². The number of benzene rings is 1. The van der Waals surface area contributed by atoms with Gasteiger partial charge in [-0.15, -0.1) is 0 Å². The molecule has 1 atom stereocenters. The van der Waals surface area contributed by atoms with Gasteiger partial charge < -0.3 is 23.6 Å². The summed E-state index contributed by atoms with van der Waals surface area (Å²) >= 11 is 0. The second-order valence-electron chi connectivity index (χ2n) is 7.75. The Morgan fingerprint density at radius 2 is 1.43 bits per heavy atom. The Bertz CT molecular complexity index is 643. The van der Waals surface area contributed by atoms with Gasteiger partial charge in [-0.2, -0.15) is 0 Å². The van der Waals surface area contributed by atoms with Crippen molar-refractivity contribution < 1.29 is 28.2 Å². The fraction of sp³-hybridized carbons (Fsp3) is 0.714. The van der Waals surface area contributed by atoms with Crippen LogP contribution >= 0.6 is 7.60 Å². The molecular formula is C21H33O6P. The van der Waals surface area contributed by atoms with Crippen molar-refractivity contribution in [3.63, 3.8) is 0 Å². The first-order valence-electron chi connectivity index (χ1n) is 10.4. The molecular weight excluding hydrogens is 379 g/mol. The van der Waals surface area contributed by atoms with Crippen LogP contribution in [-0.4, -0.2) is 31.5 Å².